The van der Waals surface area contributed by atoms with Gasteiger partial charge in [0.1, 0.15) is 0 Å². The highest BCUT2D eigenvalue weighted by atomic mass is 35.5. The molecule has 0 fully saturated rings. The van der Waals surface area contributed by atoms with Crippen LogP contribution in [-0.2, 0) is 0 Å². The minimum atomic E-state index is -0.177. The molecule has 2 aromatic rings. The number of aliphatic hydroxyl groups excluding tert-OH is 1. The lowest BCUT2D eigenvalue weighted by Gasteiger charge is -2.14. The number of carbonyl (C=O) groups excluding carboxylic acids is 1. The van der Waals surface area contributed by atoms with Crippen molar-refractivity contribution in [3.8, 4) is 0 Å². The third-order valence-electron chi connectivity index (χ3n) is 3.68. The van der Waals surface area contributed by atoms with Crippen LogP contribution in [0.3, 0.4) is 0 Å². The van der Waals surface area contributed by atoms with Crippen molar-refractivity contribution in [2.24, 2.45) is 5.92 Å². The van der Waals surface area contributed by atoms with E-state index in [0.29, 0.717) is 16.1 Å². The van der Waals surface area contributed by atoms with E-state index >= 15 is 0 Å². The maximum Gasteiger partial charge on any atom is 0.253 e. The first kappa shape index (κ1) is 14.0. The lowest BCUT2D eigenvalue weighted by atomic mass is 10.1. The molecule has 1 heterocycles. The van der Waals surface area contributed by atoms with Crippen LogP contribution in [0.2, 0.25) is 5.02 Å². The molecule has 3 rings (SSSR count). The first-order valence-electron chi connectivity index (χ1n) is 6.82. The van der Waals surface area contributed by atoms with E-state index in [1.54, 1.807) is 24.4 Å². The standard InChI is InChI=1S/C16H15ClN2O2/c17-14-6-5-13(15-12(14)2-1-7-18-15)16(21)19-11-4-3-10(8-11)9-20/h1-7,10-11,20H,8-9H2,(H,19,21)/t10-,11+/m0/s1. The highest BCUT2D eigenvalue weighted by molar-refractivity contribution is 6.36. The van der Waals surface area contributed by atoms with E-state index in [2.05, 4.69) is 10.3 Å². The van der Waals surface area contributed by atoms with Gasteiger partial charge in [-0.1, -0.05) is 23.8 Å². The number of aromatic nitrogens is 1. The third-order valence-corrected chi connectivity index (χ3v) is 4.01. The van der Waals surface area contributed by atoms with Crippen LogP contribution in [0.25, 0.3) is 10.9 Å². The Balaban J connectivity index is 1.86. The maximum absolute atomic E-state index is 12.4. The molecule has 21 heavy (non-hydrogen) atoms. The average Bonchev–Trinajstić information content (AvgIpc) is 2.95. The SMILES string of the molecule is O=C(N[C@@H]1C=C[C@H](CO)C1)c1ccc(Cl)c2cccnc12. The van der Waals surface area contributed by atoms with Crippen LogP contribution < -0.4 is 5.32 Å². The van der Waals surface area contributed by atoms with Gasteiger partial charge in [0.15, 0.2) is 0 Å². The molecule has 1 aromatic carbocycles. The summed E-state index contributed by atoms with van der Waals surface area (Å²) in [4.78, 5) is 16.7. The number of aliphatic hydroxyl groups is 1. The first-order chi connectivity index (χ1) is 10.2. The molecule has 0 unspecified atom stereocenters. The van der Waals surface area contributed by atoms with Gasteiger partial charge in [0, 0.05) is 30.1 Å². The molecule has 108 valence electrons. The van der Waals surface area contributed by atoms with Gasteiger partial charge in [-0.3, -0.25) is 9.78 Å². The van der Waals surface area contributed by atoms with Crippen LogP contribution in [0.5, 0.6) is 0 Å². The number of amides is 1. The molecule has 0 radical (unpaired) electrons. The van der Waals surface area contributed by atoms with E-state index in [1.807, 2.05) is 18.2 Å². The second-order valence-corrected chi connectivity index (χ2v) is 5.54. The third kappa shape index (κ3) is 2.77. The second kappa shape index (κ2) is 5.84. The fourth-order valence-electron chi connectivity index (χ4n) is 2.58. The number of pyridine rings is 1. The predicted molar refractivity (Wildman–Crippen MR) is 82.3 cm³/mol. The molecule has 0 saturated heterocycles. The number of rotatable bonds is 3. The molecule has 4 nitrogen and oxygen atoms in total. The molecule has 1 aliphatic carbocycles. The number of carbonyl (C=O) groups is 1. The summed E-state index contributed by atoms with van der Waals surface area (Å²) in [6.45, 7) is 0.105. The van der Waals surface area contributed by atoms with Gasteiger partial charge in [0.05, 0.1) is 16.1 Å². The normalized spacial score (nSPS) is 20.9. The Kier molecular flexibility index (Phi) is 3.90. The summed E-state index contributed by atoms with van der Waals surface area (Å²) in [5.41, 5.74) is 1.11. The zero-order valence-corrected chi connectivity index (χ0v) is 12.0. The zero-order valence-electron chi connectivity index (χ0n) is 11.3. The molecule has 0 aliphatic heterocycles. The number of benzene rings is 1. The van der Waals surface area contributed by atoms with E-state index in [9.17, 15) is 4.79 Å². The number of fused-ring (bicyclic) bond motifs is 1. The van der Waals surface area contributed by atoms with Gasteiger partial charge in [0.25, 0.3) is 5.91 Å². The van der Waals surface area contributed by atoms with E-state index in [4.69, 9.17) is 16.7 Å². The largest absolute Gasteiger partial charge is 0.396 e. The van der Waals surface area contributed by atoms with Gasteiger partial charge >= 0.3 is 0 Å². The van der Waals surface area contributed by atoms with Crippen molar-refractivity contribution in [2.75, 3.05) is 6.61 Å². The van der Waals surface area contributed by atoms with E-state index in [1.165, 1.54) is 0 Å². The van der Waals surface area contributed by atoms with Crippen molar-refractivity contribution in [2.45, 2.75) is 12.5 Å². The smallest absolute Gasteiger partial charge is 0.253 e. The Bertz CT molecular complexity index is 714. The van der Waals surface area contributed by atoms with E-state index in [-0.39, 0.29) is 24.5 Å². The zero-order chi connectivity index (χ0) is 14.8. The number of halogens is 1. The molecule has 2 N–H and O–H groups in total. The van der Waals surface area contributed by atoms with Gasteiger partial charge in [0.2, 0.25) is 0 Å². The van der Waals surface area contributed by atoms with Crippen molar-refractivity contribution in [1.29, 1.82) is 0 Å². The molecule has 2 atom stereocenters. The monoisotopic (exact) mass is 302 g/mol. The molecule has 0 saturated carbocycles. The molecule has 1 aliphatic rings. The van der Waals surface area contributed by atoms with Crippen LogP contribution in [0, 0.1) is 5.92 Å². The minimum Gasteiger partial charge on any atom is -0.396 e. The van der Waals surface area contributed by atoms with Gasteiger partial charge in [-0.2, -0.15) is 0 Å². The molecule has 5 heteroatoms. The predicted octanol–water partition coefficient (Wildman–Crippen LogP) is 2.56. The maximum atomic E-state index is 12.4. The summed E-state index contributed by atoms with van der Waals surface area (Å²) < 4.78 is 0. The Morgan fingerprint density at radius 3 is 3.00 bits per heavy atom. The van der Waals surface area contributed by atoms with E-state index < -0.39 is 0 Å². The number of nitrogens with zero attached hydrogens (tertiary/aromatic N) is 1. The van der Waals surface area contributed by atoms with Crippen molar-refractivity contribution in [1.82, 2.24) is 10.3 Å². The molecule has 1 amide bonds. The first-order valence-corrected chi connectivity index (χ1v) is 7.20. The quantitative estimate of drug-likeness (QED) is 0.857. The fraction of sp³-hybridized carbons (Fsp3) is 0.250. The van der Waals surface area contributed by atoms with Crippen molar-refractivity contribution in [3.05, 3.63) is 53.2 Å². The van der Waals surface area contributed by atoms with Crippen molar-refractivity contribution in [3.63, 3.8) is 0 Å². The lowest BCUT2D eigenvalue weighted by Crippen LogP contribution is -2.33. The summed E-state index contributed by atoms with van der Waals surface area (Å²) in [7, 11) is 0. The molecule has 0 bridgehead atoms. The van der Waals surface area contributed by atoms with Crippen LogP contribution in [-0.4, -0.2) is 28.6 Å². The van der Waals surface area contributed by atoms with Gasteiger partial charge in [-0.15, -0.1) is 0 Å². The van der Waals surface area contributed by atoms with Gasteiger partial charge in [-0.25, -0.2) is 0 Å². The summed E-state index contributed by atoms with van der Waals surface area (Å²) in [5, 5.41) is 13.4. The summed E-state index contributed by atoms with van der Waals surface area (Å²) in [6, 6.07) is 6.99. The molecule has 1 aromatic heterocycles. The van der Waals surface area contributed by atoms with Crippen LogP contribution >= 0.6 is 11.6 Å². The number of hydrogen-bond donors (Lipinski definition) is 2. The summed E-state index contributed by atoms with van der Waals surface area (Å²) in [5.74, 6) is -0.0565. The Morgan fingerprint density at radius 1 is 1.38 bits per heavy atom. The van der Waals surface area contributed by atoms with Crippen molar-refractivity contribution >= 4 is 28.4 Å². The highest BCUT2D eigenvalue weighted by Crippen LogP contribution is 2.25. The summed E-state index contributed by atoms with van der Waals surface area (Å²) >= 11 is 6.13. The second-order valence-electron chi connectivity index (χ2n) is 5.14. The molecular formula is C16H15ClN2O2. The van der Waals surface area contributed by atoms with Crippen molar-refractivity contribution < 1.29 is 9.90 Å². The minimum absolute atomic E-state index is 0.0518. The van der Waals surface area contributed by atoms with Gasteiger partial charge in [-0.05, 0) is 30.7 Å². The topological polar surface area (TPSA) is 62.2 Å². The van der Waals surface area contributed by atoms with Crippen LogP contribution in [0.4, 0.5) is 0 Å². The van der Waals surface area contributed by atoms with Crippen LogP contribution in [0.15, 0.2) is 42.6 Å². The summed E-state index contributed by atoms with van der Waals surface area (Å²) in [6.07, 6.45) is 6.22. The molecular weight excluding hydrogens is 288 g/mol. The Morgan fingerprint density at radius 2 is 2.24 bits per heavy atom. The lowest BCUT2D eigenvalue weighted by molar-refractivity contribution is 0.0942. The van der Waals surface area contributed by atoms with E-state index in [0.717, 1.165) is 11.8 Å². The number of hydrogen-bond acceptors (Lipinski definition) is 3. The average molecular weight is 303 g/mol. The van der Waals surface area contributed by atoms with Crippen LogP contribution in [0.1, 0.15) is 16.8 Å². The molecule has 0 spiro atoms. The Labute approximate surface area is 127 Å². The highest BCUT2D eigenvalue weighted by Gasteiger charge is 2.21. The fourth-order valence-corrected chi connectivity index (χ4v) is 2.80. The van der Waals surface area contributed by atoms with Gasteiger partial charge < -0.3 is 10.4 Å². The Hall–Kier alpha value is -1.91. The number of nitrogens with one attached hydrogen (secondary N) is 1.